The Bertz CT molecular complexity index is 1140. The zero-order chi connectivity index (χ0) is 23.1. The van der Waals surface area contributed by atoms with E-state index in [1.807, 2.05) is 24.4 Å². The minimum absolute atomic E-state index is 0.0880. The van der Waals surface area contributed by atoms with E-state index >= 15 is 0 Å². The molecule has 0 fully saturated rings. The number of anilines is 1. The summed E-state index contributed by atoms with van der Waals surface area (Å²) in [5.74, 6) is 0.922. The number of amides is 1. The van der Waals surface area contributed by atoms with Crippen molar-refractivity contribution in [2.45, 2.75) is 38.5 Å². The van der Waals surface area contributed by atoms with Crippen molar-refractivity contribution in [2.75, 3.05) is 25.0 Å². The zero-order valence-electron chi connectivity index (χ0n) is 18.2. The van der Waals surface area contributed by atoms with Crippen LogP contribution < -0.4 is 10.1 Å². The van der Waals surface area contributed by atoms with Crippen molar-refractivity contribution in [1.29, 1.82) is 0 Å². The number of aryl methyl sites for hydroxylation is 1. The first kappa shape index (κ1) is 23.9. The van der Waals surface area contributed by atoms with Crippen LogP contribution >= 0.6 is 11.3 Å². The van der Waals surface area contributed by atoms with Gasteiger partial charge in [-0.3, -0.25) is 4.79 Å². The molecule has 0 aliphatic carbocycles. The van der Waals surface area contributed by atoms with Gasteiger partial charge in [-0.15, -0.1) is 11.3 Å². The fourth-order valence-corrected chi connectivity index (χ4v) is 5.19. The van der Waals surface area contributed by atoms with Crippen LogP contribution in [0.5, 0.6) is 5.75 Å². The molecule has 32 heavy (non-hydrogen) atoms. The quantitative estimate of drug-likeness (QED) is 0.446. The van der Waals surface area contributed by atoms with Crippen LogP contribution in [0.25, 0.3) is 10.7 Å². The van der Waals surface area contributed by atoms with E-state index in [1.165, 1.54) is 27.8 Å². The Morgan fingerprint density at radius 2 is 2.00 bits per heavy atom. The number of benzene rings is 1. The summed E-state index contributed by atoms with van der Waals surface area (Å²) in [4.78, 5) is 17.9. The fourth-order valence-electron chi connectivity index (χ4n) is 3.06. The van der Waals surface area contributed by atoms with Crippen molar-refractivity contribution in [3.05, 3.63) is 41.6 Å². The summed E-state index contributed by atoms with van der Waals surface area (Å²) in [6.07, 6.45) is 0.344. The Morgan fingerprint density at radius 3 is 2.66 bits per heavy atom. The smallest absolute Gasteiger partial charge is 0.243 e. The van der Waals surface area contributed by atoms with Gasteiger partial charge in [0.05, 0.1) is 22.1 Å². The maximum absolute atomic E-state index is 12.9. The zero-order valence-corrected chi connectivity index (χ0v) is 19.8. The number of sulfonamides is 1. The number of ether oxygens (including phenoxy) is 1. The average molecular weight is 479 g/mol. The molecular formula is C21H26N4O5S2. The van der Waals surface area contributed by atoms with E-state index in [-0.39, 0.29) is 23.6 Å². The van der Waals surface area contributed by atoms with Gasteiger partial charge in [0.1, 0.15) is 5.75 Å². The van der Waals surface area contributed by atoms with Gasteiger partial charge < -0.3 is 14.6 Å². The molecule has 0 bridgehead atoms. The number of nitrogens with one attached hydrogen (secondary N) is 1. The second-order valence-electron chi connectivity index (χ2n) is 6.72. The first-order valence-corrected chi connectivity index (χ1v) is 12.6. The van der Waals surface area contributed by atoms with Gasteiger partial charge in [-0.05, 0) is 36.6 Å². The molecule has 3 rings (SSSR count). The van der Waals surface area contributed by atoms with Gasteiger partial charge in [-0.1, -0.05) is 25.1 Å². The van der Waals surface area contributed by atoms with Crippen LogP contribution in [0.4, 0.5) is 5.69 Å². The van der Waals surface area contributed by atoms with Crippen molar-refractivity contribution < 1.29 is 22.5 Å². The van der Waals surface area contributed by atoms with Crippen LogP contribution in [0.1, 0.15) is 33.1 Å². The summed E-state index contributed by atoms with van der Waals surface area (Å²) < 4.78 is 37.9. The maximum atomic E-state index is 12.9. The van der Waals surface area contributed by atoms with Gasteiger partial charge in [-0.25, -0.2) is 8.42 Å². The molecule has 0 spiro atoms. The number of nitrogens with zero attached hydrogens (tertiary/aromatic N) is 3. The Balaban J connectivity index is 1.72. The highest BCUT2D eigenvalue weighted by Gasteiger charge is 2.23. The highest BCUT2D eigenvalue weighted by molar-refractivity contribution is 7.89. The fraction of sp³-hybridized carbons (Fsp3) is 0.381. The molecule has 0 atom stereocenters. The first-order chi connectivity index (χ1) is 15.4. The topological polar surface area (TPSA) is 115 Å². The summed E-state index contributed by atoms with van der Waals surface area (Å²) >= 11 is 1.50. The lowest BCUT2D eigenvalue weighted by Gasteiger charge is -2.20. The Labute approximate surface area is 191 Å². The summed E-state index contributed by atoms with van der Waals surface area (Å²) in [5.41, 5.74) is 0.301. The summed E-state index contributed by atoms with van der Waals surface area (Å²) in [5, 5.41) is 8.60. The average Bonchev–Trinajstić information content (AvgIpc) is 3.46. The molecule has 0 unspecified atom stereocenters. The highest BCUT2D eigenvalue weighted by atomic mass is 32.2. The Kier molecular flexibility index (Phi) is 7.99. The summed E-state index contributed by atoms with van der Waals surface area (Å²) in [6.45, 7) is 6.45. The second kappa shape index (κ2) is 10.7. The molecule has 2 aromatic heterocycles. The van der Waals surface area contributed by atoms with Gasteiger partial charge in [-0.2, -0.15) is 9.29 Å². The lowest BCUT2D eigenvalue weighted by Crippen LogP contribution is -2.30. The predicted molar refractivity (Wildman–Crippen MR) is 122 cm³/mol. The third-order valence-corrected chi connectivity index (χ3v) is 7.56. The molecule has 3 aromatic rings. The van der Waals surface area contributed by atoms with Gasteiger partial charge >= 0.3 is 0 Å². The van der Waals surface area contributed by atoms with Crippen LogP contribution in [-0.2, 0) is 21.2 Å². The molecule has 0 saturated carbocycles. The van der Waals surface area contributed by atoms with Gasteiger partial charge in [0, 0.05) is 25.9 Å². The molecule has 2 heterocycles. The van der Waals surface area contributed by atoms with E-state index < -0.39 is 10.0 Å². The Morgan fingerprint density at radius 1 is 1.22 bits per heavy atom. The van der Waals surface area contributed by atoms with Gasteiger partial charge in [0.2, 0.25) is 27.6 Å². The SMILES string of the molecule is CCOc1ccc(S(=O)(=O)N(CC)CC)cc1NC(=O)CCc1nc(-c2cccs2)no1. The second-order valence-corrected chi connectivity index (χ2v) is 9.60. The maximum Gasteiger partial charge on any atom is 0.243 e. The molecule has 1 N–H and O–H groups in total. The van der Waals surface area contributed by atoms with Crippen molar-refractivity contribution >= 4 is 33.0 Å². The molecule has 9 nitrogen and oxygen atoms in total. The summed E-state index contributed by atoms with van der Waals surface area (Å²) in [6, 6.07) is 8.26. The molecule has 0 radical (unpaired) electrons. The normalized spacial score (nSPS) is 11.6. The van der Waals surface area contributed by atoms with E-state index in [0.29, 0.717) is 42.8 Å². The van der Waals surface area contributed by atoms with Crippen LogP contribution in [-0.4, -0.2) is 48.5 Å². The third-order valence-electron chi connectivity index (χ3n) is 4.64. The number of carbonyl (C=O) groups excluding carboxylic acids is 1. The number of aromatic nitrogens is 2. The van der Waals surface area contributed by atoms with E-state index in [0.717, 1.165) is 4.88 Å². The number of carbonyl (C=O) groups is 1. The highest BCUT2D eigenvalue weighted by Crippen LogP contribution is 2.29. The molecule has 0 saturated heterocycles. The molecule has 172 valence electrons. The van der Waals surface area contributed by atoms with E-state index in [9.17, 15) is 13.2 Å². The third kappa shape index (κ3) is 5.53. The van der Waals surface area contributed by atoms with Crippen molar-refractivity contribution in [2.24, 2.45) is 0 Å². The standard InChI is InChI=1S/C21H26N4O5S2/c1-4-25(5-2)32(27,28)15-9-10-17(29-6-3)16(14-15)22-19(26)11-12-20-23-21(24-30-20)18-8-7-13-31-18/h7-10,13-14H,4-6,11-12H2,1-3H3,(H,22,26). The minimum atomic E-state index is -3.67. The molecule has 1 amide bonds. The lowest BCUT2D eigenvalue weighted by atomic mass is 10.2. The predicted octanol–water partition coefficient (Wildman–Crippen LogP) is 3.80. The molecule has 1 aromatic carbocycles. The van der Waals surface area contributed by atoms with E-state index in [1.54, 1.807) is 19.9 Å². The first-order valence-electron chi connectivity index (χ1n) is 10.3. The van der Waals surface area contributed by atoms with Crippen molar-refractivity contribution in [1.82, 2.24) is 14.4 Å². The van der Waals surface area contributed by atoms with Gasteiger partial charge in [0.25, 0.3) is 0 Å². The number of rotatable bonds is 11. The van der Waals surface area contributed by atoms with E-state index in [2.05, 4.69) is 15.5 Å². The summed E-state index contributed by atoms with van der Waals surface area (Å²) in [7, 11) is -3.67. The minimum Gasteiger partial charge on any atom is -0.492 e. The number of hydrogen-bond acceptors (Lipinski definition) is 8. The monoisotopic (exact) mass is 478 g/mol. The molecule has 0 aliphatic heterocycles. The molecule has 11 heteroatoms. The Hall–Kier alpha value is -2.76. The van der Waals surface area contributed by atoms with Crippen LogP contribution in [0.15, 0.2) is 45.1 Å². The van der Waals surface area contributed by atoms with Crippen LogP contribution in [0.2, 0.25) is 0 Å². The largest absolute Gasteiger partial charge is 0.492 e. The van der Waals surface area contributed by atoms with Crippen molar-refractivity contribution in [3.63, 3.8) is 0 Å². The van der Waals surface area contributed by atoms with Crippen molar-refractivity contribution in [3.8, 4) is 16.5 Å². The number of thiophene rings is 1. The molecular weight excluding hydrogens is 452 g/mol. The van der Waals surface area contributed by atoms with Gasteiger partial charge in [0.15, 0.2) is 0 Å². The van der Waals surface area contributed by atoms with Crippen LogP contribution in [0.3, 0.4) is 0 Å². The number of hydrogen-bond donors (Lipinski definition) is 1. The van der Waals surface area contributed by atoms with E-state index in [4.69, 9.17) is 9.26 Å². The lowest BCUT2D eigenvalue weighted by molar-refractivity contribution is -0.116. The van der Waals surface area contributed by atoms with Crippen LogP contribution in [0, 0.1) is 0 Å². The molecule has 0 aliphatic rings.